The van der Waals surface area contributed by atoms with Crippen LogP contribution in [0.5, 0.6) is 5.75 Å². The first-order valence-electron chi connectivity index (χ1n) is 15.5. The van der Waals surface area contributed by atoms with E-state index < -0.39 is 5.60 Å². The molecule has 0 saturated carbocycles. The molecule has 2 amide bonds. The van der Waals surface area contributed by atoms with Crippen molar-refractivity contribution >= 4 is 33.6 Å². The number of hydrogen-bond acceptors (Lipinski definition) is 8. The molecule has 2 heterocycles. The number of phenols is 1. The molecular formula is C33H46N4O6S. The van der Waals surface area contributed by atoms with Crippen LogP contribution >= 0.6 is 11.3 Å². The number of rotatable bonds is 14. The van der Waals surface area contributed by atoms with Crippen molar-refractivity contribution in [1.82, 2.24) is 20.1 Å². The van der Waals surface area contributed by atoms with Crippen molar-refractivity contribution in [3.63, 3.8) is 0 Å². The third kappa shape index (κ3) is 10.3. The lowest BCUT2D eigenvalue weighted by atomic mass is 9.96. The number of aromatic amines is 1. The summed E-state index contributed by atoms with van der Waals surface area (Å²) < 4.78 is 12.1. The quantitative estimate of drug-likeness (QED) is 0.224. The lowest BCUT2D eigenvalue weighted by Crippen LogP contribution is -2.45. The second-order valence-electron chi connectivity index (χ2n) is 12.3. The number of ether oxygens (including phenoxy) is 2. The smallest absolute Gasteiger partial charge is 0.410 e. The Bertz CT molecular complexity index is 1410. The fraction of sp³-hybridized carbons (Fsp3) is 0.545. The predicted octanol–water partition coefficient (Wildman–Crippen LogP) is 4.55. The zero-order valence-electron chi connectivity index (χ0n) is 26.1. The first-order chi connectivity index (χ1) is 21.1. The summed E-state index contributed by atoms with van der Waals surface area (Å²) in [4.78, 5) is 43.8. The van der Waals surface area contributed by atoms with Crippen molar-refractivity contribution in [2.45, 2.75) is 58.5 Å². The number of fused-ring (bicyclic) bond motifs is 1. The standard InChI is InChI=1S/C33H46N4O6S/c1-33(2,3)43-32(41)36-18-12-25(13-19-36)23-37(28(39)15-22-42-21-14-24-7-5-4-6-8-24)20-17-34-16-11-26-9-10-27(38)29-30(26)44-31(40)35-29/h4-10,25,34,38H,11-23H2,1-3H3,(H,35,40). The zero-order chi connectivity index (χ0) is 31.5. The van der Waals surface area contributed by atoms with E-state index in [1.54, 1.807) is 11.0 Å². The van der Waals surface area contributed by atoms with Gasteiger partial charge in [-0.25, -0.2) is 4.79 Å². The van der Waals surface area contributed by atoms with Gasteiger partial charge in [0.2, 0.25) is 5.91 Å². The average molecular weight is 627 g/mol. The van der Waals surface area contributed by atoms with Gasteiger partial charge in [0.15, 0.2) is 0 Å². The number of thiazole rings is 1. The number of nitrogens with zero attached hydrogens (tertiary/aromatic N) is 2. The average Bonchev–Trinajstić information content (AvgIpc) is 3.39. The van der Waals surface area contributed by atoms with Gasteiger partial charge in [-0.2, -0.15) is 0 Å². The molecule has 11 heteroatoms. The third-order valence-electron chi connectivity index (χ3n) is 7.70. The summed E-state index contributed by atoms with van der Waals surface area (Å²) in [6.45, 7) is 10.3. The Labute approximate surface area is 263 Å². The van der Waals surface area contributed by atoms with Crippen LogP contribution in [-0.4, -0.2) is 90.0 Å². The van der Waals surface area contributed by atoms with Crippen molar-refractivity contribution in [2.75, 3.05) is 52.5 Å². The maximum absolute atomic E-state index is 13.3. The molecular weight excluding hydrogens is 580 g/mol. The van der Waals surface area contributed by atoms with Crippen LogP contribution in [0.2, 0.25) is 0 Å². The summed E-state index contributed by atoms with van der Waals surface area (Å²) >= 11 is 1.10. The third-order valence-corrected chi connectivity index (χ3v) is 8.66. The van der Waals surface area contributed by atoms with Gasteiger partial charge in [0.1, 0.15) is 16.9 Å². The molecule has 0 radical (unpaired) electrons. The first-order valence-corrected chi connectivity index (χ1v) is 16.3. The highest BCUT2D eigenvalue weighted by atomic mass is 32.1. The summed E-state index contributed by atoms with van der Waals surface area (Å²) in [6, 6.07) is 13.6. The Kier molecular flexibility index (Phi) is 12.2. The maximum atomic E-state index is 13.3. The number of aromatic hydroxyl groups is 1. The minimum absolute atomic E-state index is 0.0680. The van der Waals surface area contributed by atoms with Gasteiger partial charge in [-0.3, -0.25) is 9.59 Å². The number of aromatic nitrogens is 1. The van der Waals surface area contributed by atoms with Crippen molar-refractivity contribution < 1.29 is 24.2 Å². The summed E-state index contributed by atoms with van der Waals surface area (Å²) in [7, 11) is 0. The minimum atomic E-state index is -0.525. The SMILES string of the molecule is CC(C)(C)OC(=O)N1CCC(CN(CCNCCc2ccc(O)c3[nH]c(=O)sc23)C(=O)CCOCCc2ccccc2)CC1. The van der Waals surface area contributed by atoms with E-state index in [4.69, 9.17) is 9.47 Å². The highest BCUT2D eigenvalue weighted by Gasteiger charge is 2.28. The van der Waals surface area contributed by atoms with Crippen molar-refractivity contribution in [3.05, 3.63) is 63.3 Å². The Balaban J connectivity index is 1.26. The molecule has 0 aliphatic carbocycles. The van der Waals surface area contributed by atoms with Gasteiger partial charge in [0, 0.05) is 32.7 Å². The number of likely N-dealkylation sites (tertiary alicyclic amines) is 1. The minimum Gasteiger partial charge on any atom is -0.506 e. The molecule has 3 N–H and O–H groups in total. The second kappa shape index (κ2) is 16.1. The normalized spacial score (nSPS) is 14.2. The number of amides is 2. The Morgan fingerprint density at radius 2 is 1.82 bits per heavy atom. The Hall–Kier alpha value is -3.41. The molecule has 1 saturated heterocycles. The van der Waals surface area contributed by atoms with Gasteiger partial charge in [-0.05, 0) is 76.1 Å². The van der Waals surface area contributed by atoms with Crippen LogP contribution in [0.1, 0.15) is 51.2 Å². The molecule has 3 aromatic rings. The lowest BCUT2D eigenvalue weighted by molar-refractivity contribution is -0.133. The molecule has 0 bridgehead atoms. The van der Waals surface area contributed by atoms with E-state index in [1.807, 2.05) is 49.9 Å². The van der Waals surface area contributed by atoms with E-state index in [-0.39, 0.29) is 22.6 Å². The molecule has 44 heavy (non-hydrogen) atoms. The molecule has 1 aliphatic heterocycles. The number of carbonyl (C=O) groups is 2. The second-order valence-corrected chi connectivity index (χ2v) is 13.3. The summed E-state index contributed by atoms with van der Waals surface area (Å²) in [5.74, 6) is 0.446. The molecule has 1 aliphatic rings. The number of H-pyrrole nitrogens is 1. The number of carbonyl (C=O) groups excluding carboxylic acids is 2. The van der Waals surface area contributed by atoms with Gasteiger partial charge in [0.25, 0.3) is 0 Å². The van der Waals surface area contributed by atoms with Gasteiger partial charge in [-0.15, -0.1) is 0 Å². The molecule has 0 atom stereocenters. The van der Waals surface area contributed by atoms with Gasteiger partial charge in [0.05, 0.1) is 24.3 Å². The van der Waals surface area contributed by atoms with Crippen LogP contribution in [0.3, 0.4) is 0 Å². The molecule has 0 unspecified atom stereocenters. The van der Waals surface area contributed by atoms with E-state index in [9.17, 15) is 19.5 Å². The number of hydrogen-bond donors (Lipinski definition) is 3. The molecule has 4 rings (SSSR count). The van der Waals surface area contributed by atoms with Crippen LogP contribution in [0.25, 0.3) is 10.2 Å². The number of phenolic OH excluding ortho intramolecular Hbond substituents is 1. The molecule has 240 valence electrons. The highest BCUT2D eigenvalue weighted by Crippen LogP contribution is 2.28. The lowest BCUT2D eigenvalue weighted by Gasteiger charge is -2.35. The summed E-state index contributed by atoms with van der Waals surface area (Å²) in [6.07, 6.45) is 3.19. The fourth-order valence-electron chi connectivity index (χ4n) is 5.34. The maximum Gasteiger partial charge on any atom is 0.410 e. The monoisotopic (exact) mass is 626 g/mol. The molecule has 0 spiro atoms. The number of benzene rings is 2. The van der Waals surface area contributed by atoms with Gasteiger partial charge in [-0.1, -0.05) is 47.7 Å². The van der Waals surface area contributed by atoms with Crippen molar-refractivity contribution in [1.29, 1.82) is 0 Å². The van der Waals surface area contributed by atoms with E-state index in [0.717, 1.165) is 40.9 Å². The van der Waals surface area contributed by atoms with Gasteiger partial charge >= 0.3 is 11.0 Å². The molecule has 10 nitrogen and oxygen atoms in total. The van der Waals surface area contributed by atoms with Crippen LogP contribution in [0.4, 0.5) is 4.79 Å². The summed E-state index contributed by atoms with van der Waals surface area (Å²) in [5, 5.41) is 13.5. The predicted molar refractivity (Wildman–Crippen MR) is 173 cm³/mol. The topological polar surface area (TPSA) is 124 Å². The largest absolute Gasteiger partial charge is 0.506 e. The first kappa shape index (κ1) is 33.5. The van der Waals surface area contributed by atoms with Crippen LogP contribution in [0, 0.1) is 5.92 Å². The Morgan fingerprint density at radius 3 is 2.55 bits per heavy atom. The van der Waals surface area contributed by atoms with Crippen molar-refractivity contribution in [3.8, 4) is 5.75 Å². The Morgan fingerprint density at radius 1 is 1.07 bits per heavy atom. The van der Waals surface area contributed by atoms with Crippen LogP contribution in [-0.2, 0) is 27.1 Å². The summed E-state index contributed by atoms with van der Waals surface area (Å²) in [5.41, 5.74) is 2.16. The highest BCUT2D eigenvalue weighted by molar-refractivity contribution is 7.16. The molecule has 2 aromatic carbocycles. The van der Waals surface area contributed by atoms with Gasteiger partial charge < -0.3 is 34.7 Å². The number of piperidine rings is 1. The van der Waals surface area contributed by atoms with Crippen molar-refractivity contribution in [2.24, 2.45) is 5.92 Å². The zero-order valence-corrected chi connectivity index (χ0v) is 26.9. The molecule has 1 aromatic heterocycles. The van der Waals surface area contributed by atoms with Crippen LogP contribution in [0.15, 0.2) is 47.3 Å². The van der Waals surface area contributed by atoms with Crippen LogP contribution < -0.4 is 10.2 Å². The molecule has 1 fully saturated rings. The fourth-order valence-corrected chi connectivity index (χ4v) is 6.24. The van der Waals surface area contributed by atoms with E-state index in [0.29, 0.717) is 76.8 Å². The van der Waals surface area contributed by atoms with E-state index >= 15 is 0 Å². The van der Waals surface area contributed by atoms with E-state index in [2.05, 4.69) is 22.4 Å². The van der Waals surface area contributed by atoms with E-state index in [1.165, 1.54) is 5.56 Å². The number of nitrogens with one attached hydrogen (secondary N) is 2.